The van der Waals surface area contributed by atoms with Crippen molar-refractivity contribution in [3.05, 3.63) is 35.4 Å². The fraction of sp³-hybridized carbons (Fsp3) is 0.556. The van der Waals surface area contributed by atoms with Gasteiger partial charge in [-0.15, -0.1) is 0 Å². The Kier molecular flexibility index (Phi) is 5.22. The van der Waals surface area contributed by atoms with Gasteiger partial charge in [0.05, 0.1) is 5.92 Å². The van der Waals surface area contributed by atoms with Gasteiger partial charge in [-0.25, -0.2) is 0 Å². The van der Waals surface area contributed by atoms with Crippen molar-refractivity contribution in [3.63, 3.8) is 0 Å². The van der Waals surface area contributed by atoms with E-state index in [1.54, 1.807) is 4.90 Å². The van der Waals surface area contributed by atoms with Crippen LogP contribution in [0.1, 0.15) is 37.8 Å². The number of hydrogen-bond donors (Lipinski definition) is 1. The molecule has 0 radical (unpaired) electrons. The van der Waals surface area contributed by atoms with Crippen LogP contribution in [-0.2, 0) is 16.0 Å². The maximum Gasteiger partial charge on any atom is 0.308 e. The zero-order valence-corrected chi connectivity index (χ0v) is 13.6. The van der Waals surface area contributed by atoms with Crippen molar-refractivity contribution in [2.24, 2.45) is 11.8 Å². The third kappa shape index (κ3) is 3.67. The molecule has 1 aromatic rings. The fourth-order valence-corrected chi connectivity index (χ4v) is 3.35. The van der Waals surface area contributed by atoms with Gasteiger partial charge in [-0.3, -0.25) is 9.59 Å². The van der Waals surface area contributed by atoms with Gasteiger partial charge in [0.1, 0.15) is 0 Å². The zero-order chi connectivity index (χ0) is 16.3. The van der Waals surface area contributed by atoms with Crippen molar-refractivity contribution in [1.29, 1.82) is 0 Å². The molecule has 1 saturated heterocycles. The fourth-order valence-electron chi connectivity index (χ4n) is 3.35. The van der Waals surface area contributed by atoms with Crippen LogP contribution in [0.2, 0.25) is 0 Å². The minimum Gasteiger partial charge on any atom is -0.481 e. The molecule has 1 heterocycles. The first-order valence-electron chi connectivity index (χ1n) is 7.98. The van der Waals surface area contributed by atoms with Gasteiger partial charge in [0.25, 0.3) is 0 Å². The largest absolute Gasteiger partial charge is 0.481 e. The molecule has 0 saturated carbocycles. The number of aliphatic carboxylic acids is 1. The summed E-state index contributed by atoms with van der Waals surface area (Å²) in [5.74, 6) is -0.981. The predicted molar refractivity (Wildman–Crippen MR) is 85.6 cm³/mol. The highest BCUT2D eigenvalue weighted by Gasteiger charge is 2.42. The van der Waals surface area contributed by atoms with E-state index in [4.69, 9.17) is 0 Å². The summed E-state index contributed by atoms with van der Waals surface area (Å²) in [5.41, 5.74) is 2.35. The van der Waals surface area contributed by atoms with E-state index in [1.165, 1.54) is 5.56 Å². The Morgan fingerprint density at radius 1 is 1.27 bits per heavy atom. The van der Waals surface area contributed by atoms with Gasteiger partial charge >= 0.3 is 5.97 Å². The molecule has 4 heteroatoms. The van der Waals surface area contributed by atoms with E-state index in [0.29, 0.717) is 25.8 Å². The SMILES string of the molecule is Cc1ccc(CCC(=O)N2CCC(C(=O)O)C2C(C)C)cc1. The van der Waals surface area contributed by atoms with Crippen LogP contribution in [0, 0.1) is 18.8 Å². The first-order valence-corrected chi connectivity index (χ1v) is 7.98. The van der Waals surface area contributed by atoms with Crippen LogP contribution in [-0.4, -0.2) is 34.5 Å². The number of carboxylic acids is 1. The Morgan fingerprint density at radius 3 is 2.45 bits per heavy atom. The maximum absolute atomic E-state index is 12.5. The van der Waals surface area contributed by atoms with Crippen LogP contribution in [0.5, 0.6) is 0 Å². The van der Waals surface area contributed by atoms with Crippen molar-refractivity contribution in [2.75, 3.05) is 6.54 Å². The van der Waals surface area contributed by atoms with Crippen LogP contribution in [0.3, 0.4) is 0 Å². The molecule has 22 heavy (non-hydrogen) atoms. The molecule has 0 aliphatic carbocycles. The van der Waals surface area contributed by atoms with Crippen molar-refractivity contribution < 1.29 is 14.7 Å². The maximum atomic E-state index is 12.5. The van der Waals surface area contributed by atoms with Gasteiger partial charge in [-0.1, -0.05) is 43.7 Å². The minimum absolute atomic E-state index is 0.0722. The summed E-state index contributed by atoms with van der Waals surface area (Å²) >= 11 is 0. The first kappa shape index (κ1) is 16.5. The molecule has 4 nitrogen and oxygen atoms in total. The Labute approximate surface area is 132 Å². The zero-order valence-electron chi connectivity index (χ0n) is 13.6. The van der Waals surface area contributed by atoms with Crippen molar-refractivity contribution in [1.82, 2.24) is 4.90 Å². The van der Waals surface area contributed by atoms with Crippen LogP contribution >= 0.6 is 0 Å². The molecule has 120 valence electrons. The molecule has 1 N–H and O–H groups in total. The van der Waals surface area contributed by atoms with Gasteiger partial charge in [0.15, 0.2) is 0 Å². The molecule has 0 bridgehead atoms. The predicted octanol–water partition coefficient (Wildman–Crippen LogP) is 2.89. The Hall–Kier alpha value is -1.84. The second-order valence-corrected chi connectivity index (χ2v) is 6.54. The Bertz CT molecular complexity index is 536. The normalized spacial score (nSPS) is 21.4. The summed E-state index contributed by atoms with van der Waals surface area (Å²) < 4.78 is 0. The highest BCUT2D eigenvalue weighted by atomic mass is 16.4. The number of hydrogen-bond acceptors (Lipinski definition) is 2. The van der Waals surface area contributed by atoms with E-state index in [0.717, 1.165) is 5.56 Å². The summed E-state index contributed by atoms with van der Waals surface area (Å²) in [7, 11) is 0. The highest BCUT2D eigenvalue weighted by molar-refractivity contribution is 5.79. The lowest BCUT2D eigenvalue weighted by Gasteiger charge is -2.30. The number of aryl methyl sites for hydroxylation is 2. The molecule has 2 rings (SSSR count). The van der Waals surface area contributed by atoms with E-state index >= 15 is 0 Å². The van der Waals surface area contributed by atoms with E-state index in [2.05, 4.69) is 0 Å². The molecule has 1 amide bonds. The molecule has 1 aromatic carbocycles. The number of amides is 1. The van der Waals surface area contributed by atoms with Gasteiger partial charge in [0, 0.05) is 19.0 Å². The molecule has 2 atom stereocenters. The second-order valence-electron chi connectivity index (χ2n) is 6.54. The number of likely N-dealkylation sites (tertiary alicyclic amines) is 1. The molecule has 1 aliphatic rings. The van der Waals surface area contributed by atoms with E-state index in [1.807, 2.05) is 45.0 Å². The van der Waals surface area contributed by atoms with Crippen LogP contribution < -0.4 is 0 Å². The quantitative estimate of drug-likeness (QED) is 0.910. The monoisotopic (exact) mass is 303 g/mol. The number of benzene rings is 1. The molecule has 2 unspecified atom stereocenters. The Balaban J connectivity index is 1.99. The smallest absolute Gasteiger partial charge is 0.308 e. The molecule has 0 aromatic heterocycles. The number of carbonyl (C=O) groups is 2. The number of carbonyl (C=O) groups excluding carboxylic acids is 1. The molecular weight excluding hydrogens is 278 g/mol. The second kappa shape index (κ2) is 6.95. The first-order chi connectivity index (χ1) is 10.4. The summed E-state index contributed by atoms with van der Waals surface area (Å²) in [4.78, 5) is 25.6. The van der Waals surface area contributed by atoms with Crippen molar-refractivity contribution in [2.45, 2.75) is 46.1 Å². The van der Waals surface area contributed by atoms with Gasteiger partial charge < -0.3 is 10.0 Å². The van der Waals surface area contributed by atoms with Crippen LogP contribution in [0.4, 0.5) is 0 Å². The van der Waals surface area contributed by atoms with Crippen molar-refractivity contribution in [3.8, 4) is 0 Å². The molecule has 1 aliphatic heterocycles. The van der Waals surface area contributed by atoms with Crippen LogP contribution in [0.25, 0.3) is 0 Å². The van der Waals surface area contributed by atoms with Gasteiger partial charge in [-0.2, -0.15) is 0 Å². The summed E-state index contributed by atoms with van der Waals surface area (Å²) in [6.45, 7) is 6.59. The summed E-state index contributed by atoms with van der Waals surface area (Å²) in [6, 6.07) is 8.02. The number of rotatable bonds is 5. The minimum atomic E-state index is -0.785. The van der Waals surface area contributed by atoms with E-state index in [9.17, 15) is 14.7 Å². The van der Waals surface area contributed by atoms with Crippen LogP contribution in [0.15, 0.2) is 24.3 Å². The van der Waals surface area contributed by atoms with Crippen molar-refractivity contribution >= 4 is 11.9 Å². The summed E-state index contributed by atoms with van der Waals surface area (Å²) in [6.07, 6.45) is 1.71. The molecule has 0 spiro atoms. The third-order valence-electron chi connectivity index (χ3n) is 4.52. The standard InChI is InChI=1S/C18H25NO3/c1-12(2)17-15(18(21)22)10-11-19(17)16(20)9-8-14-6-4-13(3)5-7-14/h4-7,12,15,17H,8-11H2,1-3H3,(H,21,22). The lowest BCUT2D eigenvalue weighted by molar-refractivity contribution is -0.144. The van der Waals surface area contributed by atoms with E-state index in [-0.39, 0.29) is 17.9 Å². The van der Waals surface area contributed by atoms with Gasteiger partial charge in [0.2, 0.25) is 5.91 Å². The molecular formula is C18H25NO3. The average Bonchev–Trinajstić information content (AvgIpc) is 2.91. The lowest BCUT2D eigenvalue weighted by Crippen LogP contribution is -2.43. The average molecular weight is 303 g/mol. The number of nitrogens with zero attached hydrogens (tertiary/aromatic N) is 1. The third-order valence-corrected chi connectivity index (χ3v) is 4.52. The topological polar surface area (TPSA) is 57.6 Å². The molecule has 1 fully saturated rings. The lowest BCUT2D eigenvalue weighted by atomic mass is 9.91. The number of carboxylic acid groups (broad SMARTS) is 1. The van der Waals surface area contributed by atoms with Gasteiger partial charge in [-0.05, 0) is 31.2 Å². The summed E-state index contributed by atoms with van der Waals surface area (Å²) in [5, 5.41) is 9.33. The van der Waals surface area contributed by atoms with E-state index < -0.39 is 11.9 Å². The highest BCUT2D eigenvalue weighted by Crippen LogP contribution is 2.30. The Morgan fingerprint density at radius 2 is 1.91 bits per heavy atom.